The standard InChI is InChI=1S/C6H4N5O2/c12-2-9-4-3-5(8-1-7-4)11-6(13)10-3/h1H,(H3,7,8,9,10,11,12,13). The fourth-order valence-corrected chi connectivity index (χ4v) is 0.994. The minimum atomic E-state index is -0.399. The van der Waals surface area contributed by atoms with Crippen molar-refractivity contribution in [3.8, 4) is 0 Å². The Labute approximate surface area is 71.2 Å². The fraction of sp³-hybridized carbons (Fsp3) is 0. The monoisotopic (exact) mass is 178 g/mol. The smallest absolute Gasteiger partial charge is 0.301 e. The minimum absolute atomic E-state index is 0.221. The molecule has 3 N–H and O–H groups in total. The Kier molecular flexibility index (Phi) is 1.55. The number of aromatic amines is 2. The van der Waals surface area contributed by atoms with Crippen LogP contribution in [0.3, 0.4) is 0 Å². The van der Waals surface area contributed by atoms with Crippen LogP contribution in [0, 0.1) is 0 Å². The molecule has 2 aromatic rings. The third kappa shape index (κ3) is 1.15. The molecule has 0 aliphatic heterocycles. The SMILES string of the molecule is O=[C]Nc1ncnc2[nH]c(=O)[nH]c12. The summed E-state index contributed by atoms with van der Waals surface area (Å²) in [5, 5.41) is 2.22. The van der Waals surface area contributed by atoms with Crippen molar-refractivity contribution in [1.82, 2.24) is 19.9 Å². The van der Waals surface area contributed by atoms with Crippen LogP contribution in [0.25, 0.3) is 11.2 Å². The van der Waals surface area contributed by atoms with Crippen molar-refractivity contribution in [3.63, 3.8) is 0 Å². The number of hydrogen-bond acceptors (Lipinski definition) is 4. The molecule has 2 aromatic heterocycles. The zero-order valence-corrected chi connectivity index (χ0v) is 6.29. The van der Waals surface area contributed by atoms with E-state index in [1.807, 2.05) is 0 Å². The molecule has 0 saturated carbocycles. The van der Waals surface area contributed by atoms with E-state index in [2.05, 4.69) is 25.3 Å². The van der Waals surface area contributed by atoms with E-state index in [0.29, 0.717) is 11.2 Å². The molecule has 1 amide bonds. The maximum absolute atomic E-state index is 10.8. The van der Waals surface area contributed by atoms with Gasteiger partial charge in [0.2, 0.25) is 0 Å². The van der Waals surface area contributed by atoms with Crippen molar-refractivity contribution in [2.24, 2.45) is 0 Å². The Morgan fingerprint density at radius 1 is 1.38 bits per heavy atom. The Hall–Kier alpha value is -2.18. The quantitative estimate of drug-likeness (QED) is 0.519. The van der Waals surface area contributed by atoms with E-state index < -0.39 is 5.69 Å². The van der Waals surface area contributed by atoms with Gasteiger partial charge in [-0.25, -0.2) is 14.8 Å². The number of imidazole rings is 1. The summed E-state index contributed by atoms with van der Waals surface area (Å²) >= 11 is 0. The van der Waals surface area contributed by atoms with Crippen LogP contribution in [-0.2, 0) is 4.79 Å². The molecule has 2 heterocycles. The highest BCUT2D eigenvalue weighted by Gasteiger charge is 2.05. The van der Waals surface area contributed by atoms with Crippen molar-refractivity contribution < 1.29 is 4.79 Å². The number of carbonyl (C=O) groups excluding carboxylic acids is 1. The molecule has 0 aromatic carbocycles. The summed E-state index contributed by atoms with van der Waals surface area (Å²) in [6.07, 6.45) is 2.69. The van der Waals surface area contributed by atoms with Crippen LogP contribution in [0.15, 0.2) is 11.1 Å². The molecule has 2 rings (SSSR count). The topological polar surface area (TPSA) is 104 Å². The van der Waals surface area contributed by atoms with E-state index in [0.717, 1.165) is 0 Å². The zero-order chi connectivity index (χ0) is 9.26. The van der Waals surface area contributed by atoms with E-state index in [4.69, 9.17) is 0 Å². The Bertz CT molecular complexity index is 499. The summed E-state index contributed by atoms with van der Waals surface area (Å²) in [7, 11) is 0. The average Bonchev–Trinajstić information content (AvgIpc) is 2.47. The predicted molar refractivity (Wildman–Crippen MR) is 43.8 cm³/mol. The second-order valence-electron chi connectivity index (χ2n) is 2.25. The van der Waals surface area contributed by atoms with Gasteiger partial charge in [-0.05, 0) is 0 Å². The summed E-state index contributed by atoms with van der Waals surface area (Å²) in [6.45, 7) is 0. The van der Waals surface area contributed by atoms with E-state index in [9.17, 15) is 9.59 Å². The van der Waals surface area contributed by atoms with Crippen molar-refractivity contribution >= 4 is 23.4 Å². The van der Waals surface area contributed by atoms with Gasteiger partial charge in [-0.3, -0.25) is 9.78 Å². The van der Waals surface area contributed by atoms with Crippen LogP contribution in [-0.4, -0.2) is 26.3 Å². The summed E-state index contributed by atoms with van der Waals surface area (Å²) in [4.78, 5) is 33.2. The third-order valence-corrected chi connectivity index (χ3v) is 1.49. The Morgan fingerprint density at radius 2 is 2.23 bits per heavy atom. The molecule has 0 fully saturated rings. The second kappa shape index (κ2) is 2.70. The number of rotatable bonds is 2. The van der Waals surface area contributed by atoms with E-state index >= 15 is 0 Å². The molecule has 1 radical (unpaired) electrons. The zero-order valence-electron chi connectivity index (χ0n) is 6.29. The van der Waals surface area contributed by atoms with Gasteiger partial charge in [0, 0.05) is 0 Å². The lowest BCUT2D eigenvalue weighted by Crippen LogP contribution is -2.00. The molecule has 0 unspecified atom stereocenters. The number of aromatic nitrogens is 4. The molecule has 0 spiro atoms. The lowest BCUT2D eigenvalue weighted by molar-refractivity contribution is 0.561. The first-order valence-electron chi connectivity index (χ1n) is 3.37. The summed E-state index contributed by atoms with van der Waals surface area (Å²) in [5.41, 5.74) is 0.304. The average molecular weight is 178 g/mol. The molecule has 7 heteroatoms. The van der Waals surface area contributed by atoms with Crippen molar-refractivity contribution in [2.75, 3.05) is 5.32 Å². The molecule has 7 nitrogen and oxygen atoms in total. The van der Waals surface area contributed by atoms with Crippen molar-refractivity contribution in [1.29, 1.82) is 0 Å². The molecule has 65 valence electrons. The van der Waals surface area contributed by atoms with Gasteiger partial charge < -0.3 is 10.3 Å². The van der Waals surface area contributed by atoms with Crippen LogP contribution in [0.2, 0.25) is 0 Å². The van der Waals surface area contributed by atoms with Gasteiger partial charge >= 0.3 is 12.1 Å². The van der Waals surface area contributed by atoms with Crippen LogP contribution < -0.4 is 11.0 Å². The first-order chi connectivity index (χ1) is 6.31. The maximum atomic E-state index is 10.8. The van der Waals surface area contributed by atoms with E-state index in [1.54, 1.807) is 0 Å². The van der Waals surface area contributed by atoms with Crippen LogP contribution >= 0.6 is 0 Å². The van der Waals surface area contributed by atoms with Gasteiger partial charge in [0.15, 0.2) is 11.5 Å². The lowest BCUT2D eigenvalue weighted by Gasteiger charge is -1.95. The minimum Gasteiger partial charge on any atom is -0.301 e. The molecule has 0 bridgehead atoms. The highest BCUT2D eigenvalue weighted by molar-refractivity contribution is 5.87. The molecule has 0 atom stereocenters. The van der Waals surface area contributed by atoms with E-state index in [1.165, 1.54) is 12.7 Å². The van der Waals surface area contributed by atoms with Crippen LogP contribution in [0.5, 0.6) is 0 Å². The Morgan fingerprint density at radius 3 is 3.00 bits per heavy atom. The second-order valence-corrected chi connectivity index (χ2v) is 2.25. The summed E-state index contributed by atoms with van der Waals surface area (Å²) in [5.74, 6) is 0.221. The molecular formula is C6H4N5O2. The molecule has 0 aliphatic rings. The number of fused-ring (bicyclic) bond motifs is 1. The van der Waals surface area contributed by atoms with Crippen molar-refractivity contribution in [2.45, 2.75) is 0 Å². The van der Waals surface area contributed by atoms with E-state index in [-0.39, 0.29) is 5.82 Å². The Balaban J connectivity index is 2.74. The normalized spacial score (nSPS) is 10.2. The number of nitrogens with zero attached hydrogens (tertiary/aromatic N) is 2. The van der Waals surface area contributed by atoms with Gasteiger partial charge in [-0.1, -0.05) is 0 Å². The summed E-state index contributed by atoms with van der Waals surface area (Å²) < 4.78 is 0. The van der Waals surface area contributed by atoms with Crippen LogP contribution in [0.1, 0.15) is 0 Å². The number of amides is 1. The first-order valence-corrected chi connectivity index (χ1v) is 3.37. The molecular weight excluding hydrogens is 174 g/mol. The lowest BCUT2D eigenvalue weighted by atomic mass is 10.5. The van der Waals surface area contributed by atoms with Gasteiger partial charge in [-0.15, -0.1) is 0 Å². The van der Waals surface area contributed by atoms with Gasteiger partial charge in [0.25, 0.3) is 0 Å². The largest absolute Gasteiger partial charge is 0.325 e. The maximum Gasteiger partial charge on any atom is 0.325 e. The first kappa shape index (κ1) is 7.47. The highest BCUT2D eigenvalue weighted by Crippen LogP contribution is 2.11. The number of H-pyrrole nitrogens is 2. The fourth-order valence-electron chi connectivity index (χ4n) is 0.994. The van der Waals surface area contributed by atoms with Gasteiger partial charge in [-0.2, -0.15) is 0 Å². The molecule has 0 saturated heterocycles. The molecule has 13 heavy (non-hydrogen) atoms. The highest BCUT2D eigenvalue weighted by atomic mass is 16.1. The van der Waals surface area contributed by atoms with Crippen LogP contribution in [0.4, 0.5) is 5.82 Å². The molecule has 0 aliphatic carbocycles. The number of hydrogen-bond donors (Lipinski definition) is 3. The third-order valence-electron chi connectivity index (χ3n) is 1.49. The van der Waals surface area contributed by atoms with Gasteiger partial charge in [0.1, 0.15) is 11.8 Å². The number of anilines is 1. The van der Waals surface area contributed by atoms with Gasteiger partial charge in [0.05, 0.1) is 0 Å². The van der Waals surface area contributed by atoms with Crippen molar-refractivity contribution in [3.05, 3.63) is 16.8 Å². The predicted octanol–water partition coefficient (Wildman–Crippen LogP) is -0.875. The summed E-state index contributed by atoms with van der Waals surface area (Å²) in [6, 6.07) is 0. The number of nitrogens with one attached hydrogen (secondary N) is 3.